The molecule has 0 radical (unpaired) electrons. The van der Waals surface area contributed by atoms with Crippen molar-refractivity contribution >= 4 is 6.29 Å². The molecule has 0 saturated heterocycles. The number of quaternary nitrogens is 1. The van der Waals surface area contributed by atoms with Crippen molar-refractivity contribution in [2.75, 3.05) is 28.2 Å². The third-order valence-electron chi connectivity index (χ3n) is 0.936. The van der Waals surface area contributed by atoms with Crippen LogP contribution in [0.3, 0.4) is 0 Å². The number of carbonyl (C=O) groups excluding carboxylic acids is 1. The topological polar surface area (TPSA) is 17.1 Å². The van der Waals surface area contributed by atoms with Crippen LogP contribution in [0.2, 0.25) is 0 Å². The summed E-state index contributed by atoms with van der Waals surface area (Å²) in [6, 6.07) is 9.10. The lowest BCUT2D eigenvalue weighted by Crippen LogP contribution is -2.27. The van der Waals surface area contributed by atoms with Crippen LogP contribution in [0.5, 0.6) is 0 Å². The van der Waals surface area contributed by atoms with E-state index in [1.165, 1.54) is 0 Å². The van der Waals surface area contributed by atoms with Crippen LogP contribution in [0.4, 0.5) is 0 Å². The van der Waals surface area contributed by atoms with Gasteiger partial charge in [0.1, 0.15) is 6.29 Å². The molecule has 0 heterocycles. The van der Waals surface area contributed by atoms with Gasteiger partial charge in [0, 0.05) is 5.56 Å². The maximum Gasteiger partial charge on any atom is 0.150 e. The number of hydrogen-bond donors (Lipinski definition) is 0. The van der Waals surface area contributed by atoms with Gasteiger partial charge in [0.2, 0.25) is 0 Å². The first-order valence-electron chi connectivity index (χ1n) is 4.22. The zero-order valence-corrected chi connectivity index (χ0v) is 8.82. The molecule has 0 atom stereocenters. The van der Waals surface area contributed by atoms with E-state index in [0.717, 1.165) is 16.3 Å². The molecule has 0 bridgehead atoms. The number of benzene rings is 1. The van der Waals surface area contributed by atoms with Gasteiger partial charge in [-0.15, -0.1) is 0 Å². The van der Waals surface area contributed by atoms with Crippen LogP contribution in [0.25, 0.3) is 0 Å². The Bertz CT molecular complexity index is 230. The van der Waals surface area contributed by atoms with Crippen LogP contribution in [0, 0.1) is 0 Å². The Balaban J connectivity index is 0.000000252. The fourth-order valence-corrected chi connectivity index (χ4v) is 0.532. The van der Waals surface area contributed by atoms with Gasteiger partial charge >= 0.3 is 0 Å². The van der Waals surface area contributed by atoms with Crippen molar-refractivity contribution in [2.45, 2.75) is 0 Å². The van der Waals surface area contributed by atoms with Crippen LogP contribution < -0.4 is 0 Å². The van der Waals surface area contributed by atoms with Crippen molar-refractivity contribution in [1.29, 1.82) is 0 Å². The highest BCUT2D eigenvalue weighted by atomic mass is 16.1. The minimum absolute atomic E-state index is 0.729. The second-order valence-electron chi connectivity index (χ2n) is 4.21. The summed E-state index contributed by atoms with van der Waals surface area (Å²) in [5, 5.41) is 0. The zero-order valence-electron chi connectivity index (χ0n) is 8.82. The predicted molar refractivity (Wildman–Crippen MR) is 55.8 cm³/mol. The van der Waals surface area contributed by atoms with Crippen molar-refractivity contribution in [3.05, 3.63) is 35.9 Å². The third-order valence-corrected chi connectivity index (χ3v) is 0.936. The van der Waals surface area contributed by atoms with E-state index < -0.39 is 0 Å². The molecular formula is C11H18NO+. The van der Waals surface area contributed by atoms with E-state index in [2.05, 4.69) is 28.2 Å². The van der Waals surface area contributed by atoms with Crippen molar-refractivity contribution < 1.29 is 9.28 Å². The molecule has 72 valence electrons. The summed E-state index contributed by atoms with van der Waals surface area (Å²) in [6.45, 7) is 0. The average Bonchev–Trinajstić information content (AvgIpc) is 2.03. The Labute approximate surface area is 80.4 Å². The second-order valence-corrected chi connectivity index (χ2v) is 4.21. The van der Waals surface area contributed by atoms with E-state index in [1.807, 2.05) is 18.2 Å². The summed E-state index contributed by atoms with van der Waals surface area (Å²) in [5.74, 6) is 0. The number of rotatable bonds is 1. The molecule has 1 aromatic carbocycles. The highest BCUT2D eigenvalue weighted by Crippen LogP contribution is 1.91. The SMILES string of the molecule is C[N+](C)(C)C.O=Cc1ccccc1. The van der Waals surface area contributed by atoms with E-state index in [-0.39, 0.29) is 0 Å². The molecule has 0 fully saturated rings. The molecule has 0 unspecified atom stereocenters. The van der Waals surface area contributed by atoms with Crippen LogP contribution in [-0.2, 0) is 0 Å². The third kappa shape index (κ3) is 10.8. The van der Waals surface area contributed by atoms with E-state index in [1.54, 1.807) is 12.1 Å². The van der Waals surface area contributed by atoms with Crippen molar-refractivity contribution in [1.82, 2.24) is 0 Å². The first-order chi connectivity index (χ1) is 5.93. The minimum atomic E-state index is 0.729. The molecule has 2 heteroatoms. The number of carbonyl (C=O) groups is 1. The molecule has 13 heavy (non-hydrogen) atoms. The molecule has 0 aliphatic heterocycles. The number of hydrogen-bond acceptors (Lipinski definition) is 1. The maximum atomic E-state index is 10.0. The molecule has 0 N–H and O–H groups in total. The number of nitrogens with zero attached hydrogens (tertiary/aromatic N) is 1. The van der Waals surface area contributed by atoms with Gasteiger partial charge in [-0.05, 0) is 0 Å². The first kappa shape index (κ1) is 11.8. The predicted octanol–water partition coefficient (Wildman–Crippen LogP) is 1.82. The van der Waals surface area contributed by atoms with Crippen LogP contribution >= 0.6 is 0 Å². The Morgan fingerprint density at radius 2 is 1.38 bits per heavy atom. The standard InChI is InChI=1S/C7H6O.C4H12N/c8-6-7-4-2-1-3-5-7;1-5(2,3)4/h1-6H;1-4H3/q;+1. The second kappa shape index (κ2) is 5.49. The fraction of sp³-hybridized carbons (Fsp3) is 0.364. The van der Waals surface area contributed by atoms with E-state index in [4.69, 9.17) is 0 Å². The van der Waals surface area contributed by atoms with E-state index >= 15 is 0 Å². The van der Waals surface area contributed by atoms with Crippen molar-refractivity contribution in [2.24, 2.45) is 0 Å². The lowest BCUT2D eigenvalue weighted by atomic mass is 10.2. The van der Waals surface area contributed by atoms with Gasteiger partial charge < -0.3 is 4.48 Å². The average molecular weight is 180 g/mol. The van der Waals surface area contributed by atoms with Gasteiger partial charge in [0.25, 0.3) is 0 Å². The van der Waals surface area contributed by atoms with Gasteiger partial charge in [-0.25, -0.2) is 0 Å². The largest absolute Gasteiger partial charge is 0.333 e. The smallest absolute Gasteiger partial charge is 0.150 e. The van der Waals surface area contributed by atoms with Crippen LogP contribution in [0.15, 0.2) is 30.3 Å². The Morgan fingerprint density at radius 3 is 1.62 bits per heavy atom. The highest BCUT2D eigenvalue weighted by Gasteiger charge is 1.88. The normalized spacial score (nSPS) is 9.85. The van der Waals surface area contributed by atoms with Gasteiger partial charge in [-0.2, -0.15) is 0 Å². The lowest BCUT2D eigenvalue weighted by molar-refractivity contribution is -0.849. The minimum Gasteiger partial charge on any atom is -0.333 e. The van der Waals surface area contributed by atoms with Crippen LogP contribution in [-0.4, -0.2) is 39.0 Å². The van der Waals surface area contributed by atoms with E-state index in [0.29, 0.717) is 0 Å². The summed E-state index contributed by atoms with van der Waals surface area (Å²) in [5.41, 5.74) is 0.729. The monoisotopic (exact) mass is 180 g/mol. The van der Waals surface area contributed by atoms with Gasteiger partial charge in [-0.3, -0.25) is 4.79 Å². The molecule has 1 aromatic rings. The molecule has 0 aliphatic carbocycles. The summed E-state index contributed by atoms with van der Waals surface area (Å²) in [7, 11) is 8.50. The van der Waals surface area contributed by atoms with Gasteiger partial charge in [0.05, 0.1) is 28.2 Å². The Morgan fingerprint density at radius 1 is 1.00 bits per heavy atom. The lowest BCUT2D eigenvalue weighted by Gasteiger charge is -2.14. The molecule has 0 aromatic heterocycles. The summed E-state index contributed by atoms with van der Waals surface area (Å²) >= 11 is 0. The van der Waals surface area contributed by atoms with Crippen molar-refractivity contribution in [3.8, 4) is 0 Å². The van der Waals surface area contributed by atoms with Crippen LogP contribution in [0.1, 0.15) is 10.4 Å². The summed E-state index contributed by atoms with van der Waals surface area (Å²) in [6.07, 6.45) is 0.833. The molecule has 2 nitrogen and oxygen atoms in total. The molecule has 0 aliphatic rings. The molecule has 0 amide bonds. The van der Waals surface area contributed by atoms with Gasteiger partial charge in [0.15, 0.2) is 0 Å². The fourth-order valence-electron chi connectivity index (χ4n) is 0.532. The zero-order chi connectivity index (χ0) is 10.3. The first-order valence-corrected chi connectivity index (χ1v) is 4.22. The van der Waals surface area contributed by atoms with Gasteiger partial charge in [-0.1, -0.05) is 30.3 Å². The number of aldehydes is 1. The molecule has 1 rings (SSSR count). The quantitative estimate of drug-likeness (QED) is 0.476. The maximum absolute atomic E-state index is 10.0. The van der Waals surface area contributed by atoms with E-state index in [9.17, 15) is 4.79 Å². The molecule has 0 saturated carbocycles. The molecule has 0 spiro atoms. The summed E-state index contributed by atoms with van der Waals surface area (Å²) < 4.78 is 1.00. The van der Waals surface area contributed by atoms with Crippen molar-refractivity contribution in [3.63, 3.8) is 0 Å². The summed E-state index contributed by atoms with van der Waals surface area (Å²) in [4.78, 5) is 10.0. The highest BCUT2D eigenvalue weighted by molar-refractivity contribution is 5.74. The Kier molecular flexibility index (Phi) is 5.00. The Hall–Kier alpha value is -1.15. The molecular weight excluding hydrogens is 162 g/mol.